The molecule has 0 unspecified atom stereocenters. The zero-order valence-electron chi connectivity index (χ0n) is 13.6. The number of benzene rings is 2. The summed E-state index contributed by atoms with van der Waals surface area (Å²) in [5.74, 6) is 0.0374. The third kappa shape index (κ3) is 5.05. The minimum atomic E-state index is -0.245. The fourth-order valence-electron chi connectivity index (χ4n) is 2.42. The fraction of sp³-hybridized carbons (Fsp3) is 0.150. The van der Waals surface area contributed by atoms with Crippen LogP contribution in [0.4, 0.5) is 0 Å². The number of hydrogen-bond donors (Lipinski definition) is 1. The summed E-state index contributed by atoms with van der Waals surface area (Å²) < 4.78 is 11.6. The van der Waals surface area contributed by atoms with Crippen LogP contribution in [0, 0.1) is 0 Å². The Kier molecular flexibility index (Phi) is 6.04. The lowest BCUT2D eigenvalue weighted by molar-refractivity contribution is 0.0919. The molecule has 0 saturated carbocycles. The molecule has 0 aliphatic carbocycles. The van der Waals surface area contributed by atoms with Gasteiger partial charge in [-0.05, 0) is 44.8 Å². The van der Waals surface area contributed by atoms with Crippen LogP contribution in [-0.4, -0.2) is 5.91 Å². The Hall–Kier alpha value is -2.37. The molecule has 2 aromatic carbocycles. The zero-order chi connectivity index (χ0) is 17.5. The summed E-state index contributed by atoms with van der Waals surface area (Å²) in [6.45, 7) is 1.47. The van der Waals surface area contributed by atoms with E-state index in [4.69, 9.17) is 9.15 Å². The lowest BCUT2D eigenvalue weighted by atomic mass is 10.1. The molecule has 1 heterocycles. The third-order valence-electron chi connectivity index (χ3n) is 3.72. The van der Waals surface area contributed by atoms with E-state index < -0.39 is 0 Å². The quantitative estimate of drug-likeness (QED) is 0.626. The van der Waals surface area contributed by atoms with Crippen molar-refractivity contribution in [2.24, 2.45) is 0 Å². The Morgan fingerprint density at radius 1 is 0.920 bits per heavy atom. The van der Waals surface area contributed by atoms with Gasteiger partial charge in [0.25, 0.3) is 5.91 Å². The Morgan fingerprint density at radius 2 is 1.64 bits per heavy atom. The Labute approximate surface area is 154 Å². The predicted molar refractivity (Wildman–Crippen MR) is 99.0 cm³/mol. The van der Waals surface area contributed by atoms with Crippen LogP contribution in [0.2, 0.25) is 0 Å². The molecule has 0 fully saturated rings. The molecule has 128 valence electrons. The van der Waals surface area contributed by atoms with Crippen LogP contribution in [0.3, 0.4) is 0 Å². The number of furan rings is 1. The van der Waals surface area contributed by atoms with E-state index in [9.17, 15) is 4.79 Å². The molecule has 1 N–H and O–H groups in total. The van der Waals surface area contributed by atoms with Gasteiger partial charge in [0.1, 0.15) is 0 Å². The van der Waals surface area contributed by atoms with E-state index in [2.05, 4.69) is 21.2 Å². The van der Waals surface area contributed by atoms with Gasteiger partial charge in [0, 0.05) is 6.54 Å². The van der Waals surface area contributed by atoms with Gasteiger partial charge < -0.3 is 14.5 Å². The minimum absolute atomic E-state index is 0.245. The first-order valence-corrected chi connectivity index (χ1v) is 8.73. The summed E-state index contributed by atoms with van der Waals surface area (Å²) in [5.41, 5.74) is 3.21. The fourth-order valence-corrected chi connectivity index (χ4v) is 2.73. The van der Waals surface area contributed by atoms with Crippen LogP contribution in [0.25, 0.3) is 0 Å². The highest BCUT2D eigenvalue weighted by Crippen LogP contribution is 2.15. The SMILES string of the molecule is O=C(NCc1ccccc1COCc1ccccc1)c1ccc(Br)o1. The standard InChI is InChI=1S/C20H18BrNO3/c21-19-11-10-18(25-19)20(23)22-12-16-8-4-5-9-17(16)14-24-13-15-6-2-1-3-7-15/h1-11H,12-14H2,(H,22,23). The van der Waals surface area contributed by atoms with E-state index in [-0.39, 0.29) is 11.7 Å². The van der Waals surface area contributed by atoms with Crippen molar-refractivity contribution >= 4 is 21.8 Å². The highest BCUT2D eigenvalue weighted by molar-refractivity contribution is 9.10. The predicted octanol–water partition coefficient (Wildman–Crippen LogP) is 4.69. The second-order valence-electron chi connectivity index (χ2n) is 5.53. The van der Waals surface area contributed by atoms with Gasteiger partial charge in [-0.2, -0.15) is 0 Å². The molecule has 3 aromatic rings. The average molecular weight is 400 g/mol. The van der Waals surface area contributed by atoms with Gasteiger partial charge >= 0.3 is 0 Å². The summed E-state index contributed by atoms with van der Waals surface area (Å²) in [4.78, 5) is 12.1. The molecule has 4 nitrogen and oxygen atoms in total. The second kappa shape index (κ2) is 8.65. The minimum Gasteiger partial charge on any atom is -0.444 e. The monoisotopic (exact) mass is 399 g/mol. The highest BCUT2D eigenvalue weighted by atomic mass is 79.9. The van der Waals surface area contributed by atoms with Crippen LogP contribution in [0.5, 0.6) is 0 Å². The molecule has 0 aliphatic rings. The molecule has 0 atom stereocenters. The van der Waals surface area contributed by atoms with Crippen LogP contribution in [-0.2, 0) is 24.5 Å². The van der Waals surface area contributed by atoms with Gasteiger partial charge in [-0.15, -0.1) is 0 Å². The van der Waals surface area contributed by atoms with Crippen molar-refractivity contribution in [3.63, 3.8) is 0 Å². The number of carbonyl (C=O) groups excluding carboxylic acids is 1. The first kappa shape index (κ1) is 17.5. The summed E-state index contributed by atoms with van der Waals surface area (Å²) in [7, 11) is 0. The van der Waals surface area contributed by atoms with Crippen LogP contribution < -0.4 is 5.32 Å². The maximum absolute atomic E-state index is 12.1. The number of amides is 1. The lowest BCUT2D eigenvalue weighted by Gasteiger charge is -2.11. The van der Waals surface area contributed by atoms with Gasteiger partial charge in [-0.25, -0.2) is 0 Å². The van der Waals surface area contributed by atoms with Gasteiger partial charge in [-0.3, -0.25) is 4.79 Å². The van der Waals surface area contributed by atoms with Crippen molar-refractivity contribution in [1.82, 2.24) is 5.32 Å². The van der Waals surface area contributed by atoms with Crippen molar-refractivity contribution in [2.45, 2.75) is 19.8 Å². The molecule has 0 spiro atoms. The number of ether oxygens (including phenoxy) is 1. The molecule has 5 heteroatoms. The van der Waals surface area contributed by atoms with Gasteiger partial charge in [0.2, 0.25) is 0 Å². The molecule has 25 heavy (non-hydrogen) atoms. The van der Waals surface area contributed by atoms with Crippen LogP contribution >= 0.6 is 15.9 Å². The summed E-state index contributed by atoms with van der Waals surface area (Å²) in [6, 6.07) is 21.3. The molecular formula is C20H18BrNO3. The van der Waals surface area contributed by atoms with Crippen molar-refractivity contribution in [3.8, 4) is 0 Å². The summed E-state index contributed by atoms with van der Waals surface area (Å²) in [6.07, 6.45) is 0. The number of nitrogens with one attached hydrogen (secondary N) is 1. The average Bonchev–Trinajstić information content (AvgIpc) is 3.08. The van der Waals surface area contributed by atoms with E-state index in [0.29, 0.717) is 24.4 Å². The van der Waals surface area contributed by atoms with Crippen LogP contribution in [0.15, 0.2) is 75.8 Å². The first-order chi connectivity index (χ1) is 12.2. The van der Waals surface area contributed by atoms with Crippen molar-refractivity contribution in [1.29, 1.82) is 0 Å². The van der Waals surface area contributed by atoms with Crippen molar-refractivity contribution in [3.05, 3.63) is 93.9 Å². The van der Waals surface area contributed by atoms with Crippen molar-refractivity contribution in [2.75, 3.05) is 0 Å². The van der Waals surface area contributed by atoms with Gasteiger partial charge in [-0.1, -0.05) is 54.6 Å². The maximum atomic E-state index is 12.1. The third-order valence-corrected chi connectivity index (χ3v) is 4.15. The van der Waals surface area contributed by atoms with Gasteiger partial charge in [0.05, 0.1) is 13.2 Å². The Morgan fingerprint density at radius 3 is 2.36 bits per heavy atom. The summed E-state index contributed by atoms with van der Waals surface area (Å²) >= 11 is 3.19. The number of carbonyl (C=O) groups is 1. The van der Waals surface area contributed by atoms with E-state index in [1.54, 1.807) is 12.1 Å². The number of hydrogen-bond acceptors (Lipinski definition) is 3. The normalized spacial score (nSPS) is 10.6. The second-order valence-corrected chi connectivity index (χ2v) is 6.32. The van der Waals surface area contributed by atoms with E-state index in [1.165, 1.54) is 0 Å². The van der Waals surface area contributed by atoms with Gasteiger partial charge in [0.15, 0.2) is 10.4 Å². The zero-order valence-corrected chi connectivity index (χ0v) is 15.2. The first-order valence-electron chi connectivity index (χ1n) is 7.94. The molecule has 1 amide bonds. The molecule has 0 radical (unpaired) electrons. The molecule has 3 rings (SSSR count). The Balaban J connectivity index is 1.56. The number of rotatable bonds is 7. The Bertz CT molecular complexity index is 830. The lowest BCUT2D eigenvalue weighted by Crippen LogP contribution is -2.23. The summed E-state index contributed by atoms with van der Waals surface area (Å²) in [5, 5.41) is 2.87. The molecule has 0 bridgehead atoms. The van der Waals surface area contributed by atoms with E-state index in [1.807, 2.05) is 54.6 Å². The van der Waals surface area contributed by atoms with E-state index in [0.717, 1.165) is 16.7 Å². The van der Waals surface area contributed by atoms with Crippen LogP contribution in [0.1, 0.15) is 27.2 Å². The molecule has 1 aromatic heterocycles. The van der Waals surface area contributed by atoms with Crippen molar-refractivity contribution < 1.29 is 13.9 Å². The smallest absolute Gasteiger partial charge is 0.287 e. The van der Waals surface area contributed by atoms with E-state index >= 15 is 0 Å². The molecular weight excluding hydrogens is 382 g/mol. The highest BCUT2D eigenvalue weighted by Gasteiger charge is 2.11. The topological polar surface area (TPSA) is 51.5 Å². The molecule has 0 saturated heterocycles. The largest absolute Gasteiger partial charge is 0.444 e. The number of halogens is 1. The maximum Gasteiger partial charge on any atom is 0.287 e. The molecule has 0 aliphatic heterocycles.